The molecule has 1 aliphatic heterocycles. The van der Waals surface area contributed by atoms with Crippen molar-refractivity contribution in [2.45, 2.75) is 44.7 Å². The van der Waals surface area contributed by atoms with E-state index in [2.05, 4.69) is 5.32 Å². The van der Waals surface area contributed by atoms with Crippen LogP contribution in [0.5, 0.6) is 0 Å². The molecule has 2 aromatic rings. The summed E-state index contributed by atoms with van der Waals surface area (Å²) >= 11 is 12.6. The third kappa shape index (κ3) is 5.79. The van der Waals surface area contributed by atoms with Crippen molar-refractivity contribution in [2.24, 2.45) is 5.92 Å². The molecular weight excluding hydrogens is 513 g/mol. The van der Waals surface area contributed by atoms with E-state index < -0.39 is 27.9 Å². The molecule has 11 heteroatoms. The minimum Gasteiger partial charge on any atom is -0.354 e. The van der Waals surface area contributed by atoms with Crippen LogP contribution in [-0.2, 0) is 26.2 Å². The molecule has 0 spiro atoms. The molecule has 2 aromatic carbocycles. The molecule has 0 unspecified atom stereocenters. The molecule has 35 heavy (non-hydrogen) atoms. The zero-order valence-electron chi connectivity index (χ0n) is 19.6. The number of nitrogens with zero attached hydrogens (tertiary/aromatic N) is 2. The maximum absolute atomic E-state index is 13.3. The summed E-state index contributed by atoms with van der Waals surface area (Å²) in [5.41, 5.74) is 0.533. The maximum Gasteiger partial charge on any atom is 0.269 e. The number of benzene rings is 2. The van der Waals surface area contributed by atoms with Crippen LogP contribution in [0.1, 0.15) is 43.1 Å². The number of carbonyl (C=O) groups is 3. The zero-order chi connectivity index (χ0) is 25.9. The Morgan fingerprint density at radius 1 is 1.03 bits per heavy atom. The Kier molecular flexibility index (Phi) is 8.46. The van der Waals surface area contributed by atoms with Gasteiger partial charge in [-0.05, 0) is 37.1 Å². The largest absolute Gasteiger partial charge is 0.354 e. The molecule has 1 atom stereocenters. The van der Waals surface area contributed by atoms with Crippen LogP contribution >= 0.6 is 23.2 Å². The Labute approximate surface area is 215 Å². The number of fused-ring (bicyclic) bond motifs is 1. The molecule has 0 aliphatic carbocycles. The first kappa shape index (κ1) is 27.0. The van der Waals surface area contributed by atoms with Gasteiger partial charge in [-0.1, -0.05) is 55.2 Å². The first-order valence-corrected chi connectivity index (χ1v) is 13.3. The SMILES string of the molecule is CC(C)CNC(=O)[C@H](C)N(Cc1c(Cl)cccc1Cl)C(=O)CCN1C(=O)c2ccccc2S1(=O)=O. The summed E-state index contributed by atoms with van der Waals surface area (Å²) in [6.07, 6.45) is -0.317. The monoisotopic (exact) mass is 539 g/mol. The molecule has 0 fully saturated rings. The second-order valence-corrected chi connectivity index (χ2v) is 11.3. The topological polar surface area (TPSA) is 104 Å². The first-order chi connectivity index (χ1) is 16.4. The van der Waals surface area contributed by atoms with Gasteiger partial charge in [-0.3, -0.25) is 14.4 Å². The molecular formula is C24H27Cl2N3O5S. The van der Waals surface area contributed by atoms with E-state index in [1.54, 1.807) is 31.2 Å². The second-order valence-electron chi connectivity index (χ2n) is 8.67. The Bertz CT molecular complexity index is 1230. The fourth-order valence-electron chi connectivity index (χ4n) is 3.68. The van der Waals surface area contributed by atoms with Crippen LogP contribution in [-0.4, -0.2) is 54.5 Å². The van der Waals surface area contributed by atoms with Gasteiger partial charge in [0.1, 0.15) is 10.9 Å². The van der Waals surface area contributed by atoms with Crippen LogP contribution < -0.4 is 5.32 Å². The van der Waals surface area contributed by atoms with Crippen molar-refractivity contribution in [3.05, 3.63) is 63.6 Å². The number of halogens is 2. The fraction of sp³-hybridized carbons (Fsp3) is 0.375. The summed E-state index contributed by atoms with van der Waals surface area (Å²) in [5, 5.41) is 3.46. The van der Waals surface area contributed by atoms with Gasteiger partial charge in [0.15, 0.2) is 0 Å². The van der Waals surface area contributed by atoms with Crippen molar-refractivity contribution in [3.63, 3.8) is 0 Å². The summed E-state index contributed by atoms with van der Waals surface area (Å²) < 4.78 is 26.4. The highest BCUT2D eigenvalue weighted by molar-refractivity contribution is 7.90. The quantitative estimate of drug-likeness (QED) is 0.522. The predicted molar refractivity (Wildman–Crippen MR) is 134 cm³/mol. The van der Waals surface area contributed by atoms with Crippen LogP contribution in [0.2, 0.25) is 10.0 Å². The summed E-state index contributed by atoms with van der Waals surface area (Å²) in [6, 6.07) is 9.93. The van der Waals surface area contributed by atoms with Gasteiger partial charge in [0.25, 0.3) is 15.9 Å². The highest BCUT2D eigenvalue weighted by atomic mass is 35.5. The second kappa shape index (κ2) is 11.0. The Morgan fingerprint density at radius 3 is 2.26 bits per heavy atom. The summed E-state index contributed by atoms with van der Waals surface area (Å²) in [5.74, 6) is -1.36. The molecule has 0 aromatic heterocycles. The minimum absolute atomic E-state index is 0.0610. The van der Waals surface area contributed by atoms with Gasteiger partial charge in [0.2, 0.25) is 11.8 Å². The molecule has 0 saturated carbocycles. The van der Waals surface area contributed by atoms with Crippen LogP contribution in [0.3, 0.4) is 0 Å². The van der Waals surface area contributed by atoms with Gasteiger partial charge < -0.3 is 10.2 Å². The maximum atomic E-state index is 13.3. The predicted octanol–water partition coefficient (Wildman–Crippen LogP) is 3.72. The molecule has 1 N–H and O–H groups in total. The molecule has 1 heterocycles. The lowest BCUT2D eigenvalue weighted by Crippen LogP contribution is -2.49. The smallest absolute Gasteiger partial charge is 0.269 e. The fourth-order valence-corrected chi connectivity index (χ4v) is 5.77. The van der Waals surface area contributed by atoms with Gasteiger partial charge in [0, 0.05) is 41.7 Å². The van der Waals surface area contributed by atoms with E-state index in [9.17, 15) is 22.8 Å². The van der Waals surface area contributed by atoms with E-state index in [0.717, 1.165) is 0 Å². The number of nitrogens with one attached hydrogen (secondary N) is 1. The van der Waals surface area contributed by atoms with Crippen molar-refractivity contribution in [1.82, 2.24) is 14.5 Å². The standard InChI is InChI=1S/C24H27Cl2N3O5S/c1-15(2)13-27-23(31)16(3)28(14-18-19(25)8-6-9-20(18)26)22(30)11-12-29-24(32)17-7-4-5-10-21(17)35(29,33)34/h4-10,15-16H,11-14H2,1-3H3,(H,27,31)/t16-/m0/s1. The molecule has 0 saturated heterocycles. The molecule has 0 bridgehead atoms. The third-order valence-corrected chi connectivity index (χ3v) is 8.23. The van der Waals surface area contributed by atoms with Gasteiger partial charge in [-0.15, -0.1) is 0 Å². The molecule has 8 nitrogen and oxygen atoms in total. The number of sulfonamides is 1. The van der Waals surface area contributed by atoms with E-state index >= 15 is 0 Å². The molecule has 188 valence electrons. The zero-order valence-corrected chi connectivity index (χ0v) is 22.0. The van der Waals surface area contributed by atoms with Crippen molar-refractivity contribution in [3.8, 4) is 0 Å². The van der Waals surface area contributed by atoms with Crippen molar-refractivity contribution in [1.29, 1.82) is 0 Å². The highest BCUT2D eigenvalue weighted by Crippen LogP contribution is 2.30. The first-order valence-electron chi connectivity index (χ1n) is 11.1. The Balaban J connectivity index is 1.82. The summed E-state index contributed by atoms with van der Waals surface area (Å²) in [7, 11) is -4.05. The normalized spacial score (nSPS) is 15.1. The number of hydrogen-bond donors (Lipinski definition) is 1. The van der Waals surface area contributed by atoms with Gasteiger partial charge in [-0.2, -0.15) is 0 Å². The van der Waals surface area contributed by atoms with Crippen molar-refractivity contribution >= 4 is 50.9 Å². The Morgan fingerprint density at radius 2 is 1.66 bits per heavy atom. The van der Waals surface area contributed by atoms with E-state index in [4.69, 9.17) is 23.2 Å². The molecule has 3 rings (SSSR count). The van der Waals surface area contributed by atoms with Crippen LogP contribution in [0.4, 0.5) is 0 Å². The summed E-state index contributed by atoms with van der Waals surface area (Å²) in [6.45, 7) is 5.48. The average molecular weight is 540 g/mol. The minimum atomic E-state index is -4.05. The number of amides is 3. The number of rotatable bonds is 9. The van der Waals surface area contributed by atoms with E-state index in [-0.39, 0.29) is 41.8 Å². The van der Waals surface area contributed by atoms with Crippen LogP contribution in [0, 0.1) is 5.92 Å². The number of carbonyl (C=O) groups excluding carboxylic acids is 3. The van der Waals surface area contributed by atoms with E-state index in [0.29, 0.717) is 26.5 Å². The lowest BCUT2D eigenvalue weighted by Gasteiger charge is -2.30. The third-order valence-electron chi connectivity index (χ3n) is 5.68. The van der Waals surface area contributed by atoms with Crippen molar-refractivity contribution in [2.75, 3.05) is 13.1 Å². The summed E-state index contributed by atoms with van der Waals surface area (Å²) in [4.78, 5) is 40.0. The van der Waals surface area contributed by atoms with Crippen LogP contribution in [0.15, 0.2) is 47.4 Å². The lowest BCUT2D eigenvalue weighted by atomic mass is 10.1. The molecule has 1 aliphatic rings. The van der Waals surface area contributed by atoms with Crippen LogP contribution in [0.25, 0.3) is 0 Å². The molecule has 3 amide bonds. The Hall–Kier alpha value is -2.62. The number of hydrogen-bond acceptors (Lipinski definition) is 5. The van der Waals surface area contributed by atoms with Crippen molar-refractivity contribution < 1.29 is 22.8 Å². The van der Waals surface area contributed by atoms with E-state index in [1.165, 1.54) is 23.1 Å². The van der Waals surface area contributed by atoms with Gasteiger partial charge >= 0.3 is 0 Å². The average Bonchev–Trinajstić information content (AvgIpc) is 3.00. The van der Waals surface area contributed by atoms with E-state index in [1.807, 2.05) is 13.8 Å². The van der Waals surface area contributed by atoms with Gasteiger partial charge in [-0.25, -0.2) is 12.7 Å². The lowest BCUT2D eigenvalue weighted by molar-refractivity contribution is -0.140. The highest BCUT2D eigenvalue weighted by Gasteiger charge is 2.41. The van der Waals surface area contributed by atoms with Gasteiger partial charge in [0.05, 0.1) is 5.56 Å². The molecule has 0 radical (unpaired) electrons.